The van der Waals surface area contributed by atoms with Gasteiger partial charge in [0, 0.05) is 51.5 Å². The maximum atomic E-state index is 13.3. The SMILES string of the molecule is CCCCN(C(C)=O)c1c(CC)nc2ccc(C(=O)N3CCN(c4ccccc4)CC3)cn12. The third-order valence-corrected chi connectivity index (χ3v) is 6.30. The molecule has 0 saturated carbocycles. The first-order chi connectivity index (χ1) is 16.0. The van der Waals surface area contributed by atoms with E-state index in [1.807, 2.05) is 52.8 Å². The van der Waals surface area contributed by atoms with Gasteiger partial charge in [0.15, 0.2) is 0 Å². The van der Waals surface area contributed by atoms with E-state index in [0.717, 1.165) is 49.5 Å². The van der Waals surface area contributed by atoms with E-state index in [9.17, 15) is 9.59 Å². The lowest BCUT2D eigenvalue weighted by atomic mass is 10.2. The Balaban J connectivity index is 1.58. The number of hydrogen-bond donors (Lipinski definition) is 0. The highest BCUT2D eigenvalue weighted by molar-refractivity contribution is 5.95. The average molecular weight is 448 g/mol. The number of aromatic nitrogens is 2. The number of anilines is 2. The van der Waals surface area contributed by atoms with E-state index >= 15 is 0 Å². The molecule has 7 heteroatoms. The number of benzene rings is 1. The molecule has 174 valence electrons. The van der Waals surface area contributed by atoms with Crippen molar-refractivity contribution >= 4 is 29.0 Å². The predicted molar refractivity (Wildman–Crippen MR) is 132 cm³/mol. The molecular weight excluding hydrogens is 414 g/mol. The van der Waals surface area contributed by atoms with Crippen LogP contribution in [-0.4, -0.2) is 58.8 Å². The van der Waals surface area contributed by atoms with Crippen molar-refractivity contribution < 1.29 is 9.59 Å². The molecule has 0 radical (unpaired) electrons. The van der Waals surface area contributed by atoms with Gasteiger partial charge >= 0.3 is 0 Å². The van der Waals surface area contributed by atoms with Crippen LogP contribution in [0.25, 0.3) is 5.65 Å². The number of hydrogen-bond acceptors (Lipinski definition) is 4. The van der Waals surface area contributed by atoms with Gasteiger partial charge in [0.25, 0.3) is 5.91 Å². The average Bonchev–Trinajstić information content (AvgIpc) is 3.22. The third kappa shape index (κ3) is 4.72. The maximum absolute atomic E-state index is 13.3. The lowest BCUT2D eigenvalue weighted by Gasteiger charge is -2.36. The Kier molecular flexibility index (Phi) is 6.96. The Bertz CT molecular complexity index is 1120. The molecule has 1 fully saturated rings. The largest absolute Gasteiger partial charge is 0.368 e. The Morgan fingerprint density at radius 2 is 1.73 bits per heavy atom. The number of aryl methyl sites for hydroxylation is 1. The van der Waals surface area contributed by atoms with Gasteiger partial charge < -0.3 is 9.80 Å². The second-order valence-corrected chi connectivity index (χ2v) is 8.52. The van der Waals surface area contributed by atoms with Crippen molar-refractivity contribution in [3.8, 4) is 0 Å². The molecule has 3 heterocycles. The zero-order valence-electron chi connectivity index (χ0n) is 19.8. The number of amides is 2. The smallest absolute Gasteiger partial charge is 0.255 e. The normalized spacial score (nSPS) is 14.0. The molecule has 2 amide bonds. The van der Waals surface area contributed by atoms with Gasteiger partial charge in [-0.15, -0.1) is 0 Å². The number of imidazole rings is 1. The lowest BCUT2D eigenvalue weighted by molar-refractivity contribution is -0.116. The molecule has 2 aromatic heterocycles. The van der Waals surface area contributed by atoms with Crippen LogP contribution in [0.5, 0.6) is 0 Å². The summed E-state index contributed by atoms with van der Waals surface area (Å²) in [4.78, 5) is 36.6. The van der Waals surface area contributed by atoms with E-state index in [1.165, 1.54) is 5.69 Å². The molecule has 1 aliphatic rings. The highest BCUT2D eigenvalue weighted by Crippen LogP contribution is 2.25. The summed E-state index contributed by atoms with van der Waals surface area (Å²) in [7, 11) is 0. The number of carbonyl (C=O) groups is 2. The Morgan fingerprint density at radius 3 is 2.36 bits per heavy atom. The molecule has 4 rings (SSSR count). The standard InChI is InChI=1S/C26H33N5O2/c1-4-6-14-30(20(3)32)25-23(5-2)27-24-13-12-21(19-31(24)25)26(33)29-17-15-28(16-18-29)22-10-8-7-9-11-22/h7-13,19H,4-6,14-18H2,1-3H3. The minimum absolute atomic E-state index is 0.00582. The minimum atomic E-state index is -0.00582. The molecule has 1 aliphatic heterocycles. The van der Waals surface area contributed by atoms with Gasteiger partial charge in [-0.2, -0.15) is 0 Å². The zero-order chi connectivity index (χ0) is 23.4. The topological polar surface area (TPSA) is 61.2 Å². The van der Waals surface area contributed by atoms with Crippen molar-refractivity contribution in [2.45, 2.75) is 40.0 Å². The van der Waals surface area contributed by atoms with Crippen LogP contribution in [0.3, 0.4) is 0 Å². The molecule has 7 nitrogen and oxygen atoms in total. The molecule has 0 atom stereocenters. The number of unbranched alkanes of at least 4 members (excludes halogenated alkanes) is 1. The molecule has 1 aromatic carbocycles. The van der Waals surface area contributed by atoms with Gasteiger partial charge in [-0.3, -0.25) is 18.9 Å². The van der Waals surface area contributed by atoms with Crippen molar-refractivity contribution in [1.29, 1.82) is 0 Å². The van der Waals surface area contributed by atoms with Crippen LogP contribution >= 0.6 is 0 Å². The van der Waals surface area contributed by atoms with Crippen LogP contribution in [0, 0.1) is 0 Å². The van der Waals surface area contributed by atoms with Crippen molar-refractivity contribution in [3.63, 3.8) is 0 Å². The summed E-state index contributed by atoms with van der Waals surface area (Å²) in [6.45, 7) is 9.37. The second-order valence-electron chi connectivity index (χ2n) is 8.52. The number of rotatable bonds is 7. The van der Waals surface area contributed by atoms with E-state index < -0.39 is 0 Å². The van der Waals surface area contributed by atoms with E-state index in [1.54, 1.807) is 11.8 Å². The van der Waals surface area contributed by atoms with Crippen LogP contribution in [-0.2, 0) is 11.2 Å². The first-order valence-corrected chi connectivity index (χ1v) is 11.9. The number of fused-ring (bicyclic) bond motifs is 1. The van der Waals surface area contributed by atoms with Gasteiger partial charge in [0.05, 0.1) is 11.3 Å². The summed E-state index contributed by atoms with van der Waals surface area (Å²) in [5.74, 6) is 0.802. The highest BCUT2D eigenvalue weighted by atomic mass is 16.2. The maximum Gasteiger partial charge on any atom is 0.255 e. The second kappa shape index (κ2) is 10.1. The molecule has 33 heavy (non-hydrogen) atoms. The lowest BCUT2D eigenvalue weighted by Crippen LogP contribution is -2.48. The third-order valence-electron chi connectivity index (χ3n) is 6.30. The molecule has 0 N–H and O–H groups in total. The summed E-state index contributed by atoms with van der Waals surface area (Å²) in [5.41, 5.74) is 3.45. The van der Waals surface area contributed by atoms with Crippen molar-refractivity contribution in [2.75, 3.05) is 42.5 Å². The van der Waals surface area contributed by atoms with E-state index in [-0.39, 0.29) is 11.8 Å². The molecule has 0 unspecified atom stereocenters. The van der Waals surface area contributed by atoms with Gasteiger partial charge in [-0.1, -0.05) is 38.5 Å². The monoisotopic (exact) mass is 447 g/mol. The summed E-state index contributed by atoms with van der Waals surface area (Å²) < 4.78 is 1.92. The molecule has 0 aliphatic carbocycles. The zero-order valence-corrected chi connectivity index (χ0v) is 19.8. The van der Waals surface area contributed by atoms with E-state index in [4.69, 9.17) is 4.98 Å². The molecule has 0 spiro atoms. The fourth-order valence-corrected chi connectivity index (χ4v) is 4.45. The number of nitrogens with zero attached hydrogens (tertiary/aromatic N) is 5. The fraction of sp³-hybridized carbons (Fsp3) is 0.423. The van der Waals surface area contributed by atoms with Gasteiger partial charge in [-0.25, -0.2) is 4.98 Å². The molecule has 1 saturated heterocycles. The number of pyridine rings is 1. The Hall–Kier alpha value is -3.35. The van der Waals surface area contributed by atoms with Crippen LogP contribution in [0.15, 0.2) is 48.7 Å². The first kappa shape index (κ1) is 22.8. The van der Waals surface area contributed by atoms with Crippen molar-refractivity contribution in [3.05, 3.63) is 59.9 Å². The van der Waals surface area contributed by atoms with E-state index in [2.05, 4.69) is 24.0 Å². The first-order valence-electron chi connectivity index (χ1n) is 11.9. The number of piperazine rings is 1. The Morgan fingerprint density at radius 1 is 1.00 bits per heavy atom. The minimum Gasteiger partial charge on any atom is -0.368 e. The van der Waals surface area contributed by atoms with Crippen molar-refractivity contribution in [1.82, 2.24) is 14.3 Å². The van der Waals surface area contributed by atoms with Gasteiger partial charge in [0.2, 0.25) is 5.91 Å². The fourth-order valence-electron chi connectivity index (χ4n) is 4.45. The molecule has 0 bridgehead atoms. The summed E-state index contributed by atoms with van der Waals surface area (Å²) >= 11 is 0. The predicted octanol–water partition coefficient (Wildman–Crippen LogP) is 4.01. The summed E-state index contributed by atoms with van der Waals surface area (Å²) in [6, 6.07) is 14.0. The van der Waals surface area contributed by atoms with Crippen LogP contribution in [0.4, 0.5) is 11.5 Å². The number of carbonyl (C=O) groups excluding carboxylic acids is 2. The highest BCUT2D eigenvalue weighted by Gasteiger charge is 2.25. The van der Waals surface area contributed by atoms with Crippen molar-refractivity contribution in [2.24, 2.45) is 0 Å². The van der Waals surface area contributed by atoms with Crippen LogP contribution in [0.2, 0.25) is 0 Å². The quantitative estimate of drug-likeness (QED) is 0.549. The van der Waals surface area contributed by atoms with Crippen LogP contribution in [0.1, 0.15) is 49.7 Å². The number of para-hydroxylation sites is 1. The summed E-state index contributed by atoms with van der Waals surface area (Å²) in [5, 5.41) is 0. The van der Waals surface area contributed by atoms with Gasteiger partial charge in [0.1, 0.15) is 11.5 Å². The molecular formula is C26H33N5O2. The van der Waals surface area contributed by atoms with Gasteiger partial charge in [-0.05, 0) is 37.1 Å². The Labute approximate surface area is 195 Å². The van der Waals surface area contributed by atoms with E-state index in [0.29, 0.717) is 25.2 Å². The van der Waals surface area contributed by atoms with Crippen LogP contribution < -0.4 is 9.80 Å². The molecule has 3 aromatic rings. The summed E-state index contributed by atoms with van der Waals surface area (Å²) in [6.07, 6.45) is 4.49.